The van der Waals surface area contributed by atoms with Gasteiger partial charge in [-0.15, -0.1) is 0 Å². The van der Waals surface area contributed by atoms with Gasteiger partial charge in [0.2, 0.25) is 0 Å². The molecule has 1 aliphatic carbocycles. The fourth-order valence-corrected chi connectivity index (χ4v) is 3.53. The van der Waals surface area contributed by atoms with Crippen molar-refractivity contribution in [2.75, 3.05) is 33.7 Å². The highest BCUT2D eigenvalue weighted by molar-refractivity contribution is 5.74. The summed E-state index contributed by atoms with van der Waals surface area (Å²) in [5.41, 5.74) is 0. The fourth-order valence-electron chi connectivity index (χ4n) is 3.53. The summed E-state index contributed by atoms with van der Waals surface area (Å²) in [6.07, 6.45) is 10.3. The molecule has 2 amide bonds. The third kappa shape index (κ3) is 4.65. The molecule has 0 radical (unpaired) electrons. The minimum atomic E-state index is 0.121. The molecule has 2 aliphatic rings. The van der Waals surface area contributed by atoms with Crippen molar-refractivity contribution >= 4 is 6.03 Å². The average molecular weight is 281 g/mol. The van der Waals surface area contributed by atoms with Gasteiger partial charge in [-0.05, 0) is 45.3 Å². The minimum absolute atomic E-state index is 0.121. The smallest absolute Gasteiger partial charge is 0.317 e. The molecule has 1 heterocycles. The van der Waals surface area contributed by atoms with Gasteiger partial charge in [-0.3, -0.25) is 0 Å². The second kappa shape index (κ2) is 7.87. The van der Waals surface area contributed by atoms with Gasteiger partial charge in [0.25, 0.3) is 0 Å². The monoisotopic (exact) mass is 281 g/mol. The molecule has 4 heteroatoms. The van der Waals surface area contributed by atoms with Crippen molar-refractivity contribution in [1.82, 2.24) is 15.1 Å². The molecule has 1 N–H and O–H groups in total. The molecule has 1 saturated carbocycles. The van der Waals surface area contributed by atoms with Gasteiger partial charge in [-0.1, -0.05) is 32.1 Å². The highest BCUT2D eigenvalue weighted by Gasteiger charge is 2.23. The van der Waals surface area contributed by atoms with E-state index in [-0.39, 0.29) is 6.03 Å². The molecule has 0 atom stereocenters. The Morgan fingerprint density at radius 2 is 1.80 bits per heavy atom. The summed E-state index contributed by atoms with van der Waals surface area (Å²) in [4.78, 5) is 16.4. The normalized spacial score (nSPS) is 22.7. The van der Waals surface area contributed by atoms with E-state index in [1.54, 1.807) is 0 Å². The number of hydrogen-bond acceptors (Lipinski definition) is 2. The lowest BCUT2D eigenvalue weighted by atomic mass is 9.87. The van der Waals surface area contributed by atoms with E-state index in [4.69, 9.17) is 0 Å². The van der Waals surface area contributed by atoms with Gasteiger partial charge in [0, 0.05) is 19.6 Å². The second-order valence-electron chi connectivity index (χ2n) is 6.67. The maximum atomic E-state index is 12.2. The number of carbonyl (C=O) groups is 1. The quantitative estimate of drug-likeness (QED) is 0.860. The molecule has 0 aromatic rings. The van der Waals surface area contributed by atoms with E-state index in [2.05, 4.69) is 17.3 Å². The Morgan fingerprint density at radius 3 is 2.45 bits per heavy atom. The third-order valence-electron chi connectivity index (χ3n) is 5.11. The first-order chi connectivity index (χ1) is 9.66. The number of nitrogens with zero attached hydrogens (tertiary/aromatic N) is 2. The van der Waals surface area contributed by atoms with Crippen molar-refractivity contribution < 1.29 is 4.79 Å². The molecule has 1 saturated heterocycles. The molecule has 20 heavy (non-hydrogen) atoms. The number of carbonyl (C=O) groups excluding carboxylic acids is 1. The lowest BCUT2D eigenvalue weighted by Gasteiger charge is -2.35. The summed E-state index contributed by atoms with van der Waals surface area (Å²) in [6.45, 7) is 3.05. The van der Waals surface area contributed by atoms with Crippen LogP contribution >= 0.6 is 0 Å². The van der Waals surface area contributed by atoms with Crippen LogP contribution in [-0.2, 0) is 0 Å². The molecule has 1 aliphatic heterocycles. The van der Waals surface area contributed by atoms with Gasteiger partial charge in [0.1, 0.15) is 0 Å². The van der Waals surface area contributed by atoms with E-state index in [1.165, 1.54) is 32.1 Å². The first-order valence-corrected chi connectivity index (χ1v) is 8.36. The van der Waals surface area contributed by atoms with Crippen LogP contribution in [0.2, 0.25) is 0 Å². The standard InChI is InChI=1S/C16H31N3O/c1-18-12-9-15(10-13-18)19(2)16(20)17-11-8-14-6-4-3-5-7-14/h14-15H,3-13H2,1-2H3,(H,17,20). The molecular weight excluding hydrogens is 250 g/mol. The Morgan fingerprint density at radius 1 is 1.15 bits per heavy atom. The van der Waals surface area contributed by atoms with E-state index in [0.29, 0.717) is 6.04 Å². The minimum Gasteiger partial charge on any atom is -0.338 e. The Labute approximate surface area is 123 Å². The Hall–Kier alpha value is -0.770. The number of urea groups is 1. The number of hydrogen-bond donors (Lipinski definition) is 1. The predicted octanol–water partition coefficient (Wildman–Crippen LogP) is 2.69. The van der Waals surface area contributed by atoms with E-state index in [0.717, 1.165) is 44.8 Å². The molecule has 2 rings (SSSR count). The molecule has 4 nitrogen and oxygen atoms in total. The van der Waals surface area contributed by atoms with Crippen molar-refractivity contribution in [3.8, 4) is 0 Å². The highest BCUT2D eigenvalue weighted by Crippen LogP contribution is 2.25. The van der Waals surface area contributed by atoms with Crippen molar-refractivity contribution in [2.45, 2.75) is 57.4 Å². The number of likely N-dealkylation sites (tertiary alicyclic amines) is 1. The van der Waals surface area contributed by atoms with Gasteiger partial charge in [-0.2, -0.15) is 0 Å². The van der Waals surface area contributed by atoms with Crippen LogP contribution in [-0.4, -0.2) is 55.6 Å². The van der Waals surface area contributed by atoms with Crippen LogP contribution < -0.4 is 5.32 Å². The zero-order valence-corrected chi connectivity index (χ0v) is 13.2. The second-order valence-corrected chi connectivity index (χ2v) is 6.67. The largest absolute Gasteiger partial charge is 0.338 e. The highest BCUT2D eigenvalue weighted by atomic mass is 16.2. The van der Waals surface area contributed by atoms with Crippen molar-refractivity contribution in [2.24, 2.45) is 5.92 Å². The van der Waals surface area contributed by atoms with Crippen LogP contribution in [0.5, 0.6) is 0 Å². The van der Waals surface area contributed by atoms with Gasteiger partial charge < -0.3 is 15.1 Å². The van der Waals surface area contributed by atoms with Crippen LogP contribution in [0.4, 0.5) is 4.79 Å². The molecule has 0 bridgehead atoms. The van der Waals surface area contributed by atoms with Gasteiger partial charge >= 0.3 is 6.03 Å². The summed E-state index contributed by atoms with van der Waals surface area (Å²) in [5, 5.41) is 3.11. The molecule has 0 unspecified atom stereocenters. The summed E-state index contributed by atoms with van der Waals surface area (Å²) in [7, 11) is 4.10. The molecular formula is C16H31N3O. The van der Waals surface area contributed by atoms with E-state index < -0.39 is 0 Å². The Kier molecular flexibility index (Phi) is 6.14. The maximum absolute atomic E-state index is 12.2. The summed E-state index contributed by atoms with van der Waals surface area (Å²) in [6, 6.07) is 0.538. The van der Waals surface area contributed by atoms with Crippen LogP contribution in [0.25, 0.3) is 0 Å². The zero-order chi connectivity index (χ0) is 14.4. The van der Waals surface area contributed by atoms with Crippen molar-refractivity contribution in [1.29, 1.82) is 0 Å². The van der Waals surface area contributed by atoms with Crippen LogP contribution in [0.15, 0.2) is 0 Å². The summed E-state index contributed by atoms with van der Waals surface area (Å²) in [5.74, 6) is 0.845. The molecule has 0 spiro atoms. The number of nitrogens with one attached hydrogen (secondary N) is 1. The molecule has 2 fully saturated rings. The fraction of sp³-hybridized carbons (Fsp3) is 0.938. The lowest BCUT2D eigenvalue weighted by molar-refractivity contribution is 0.147. The van der Waals surface area contributed by atoms with Crippen molar-refractivity contribution in [3.63, 3.8) is 0 Å². The van der Waals surface area contributed by atoms with E-state index in [9.17, 15) is 4.79 Å². The molecule has 0 aromatic heterocycles. The van der Waals surface area contributed by atoms with Crippen LogP contribution in [0.3, 0.4) is 0 Å². The predicted molar refractivity (Wildman–Crippen MR) is 82.9 cm³/mol. The number of amides is 2. The number of piperidine rings is 1. The van der Waals surface area contributed by atoms with Gasteiger partial charge in [0.05, 0.1) is 0 Å². The SMILES string of the molecule is CN1CCC(N(C)C(=O)NCCC2CCCCC2)CC1. The Balaban J connectivity index is 1.63. The van der Waals surface area contributed by atoms with E-state index >= 15 is 0 Å². The molecule has 116 valence electrons. The van der Waals surface area contributed by atoms with Crippen LogP contribution in [0.1, 0.15) is 51.4 Å². The first-order valence-electron chi connectivity index (χ1n) is 8.36. The van der Waals surface area contributed by atoms with Crippen LogP contribution in [0, 0.1) is 5.92 Å². The average Bonchev–Trinajstić information content (AvgIpc) is 2.48. The van der Waals surface area contributed by atoms with Crippen molar-refractivity contribution in [3.05, 3.63) is 0 Å². The first kappa shape index (κ1) is 15.6. The number of rotatable bonds is 4. The zero-order valence-electron chi connectivity index (χ0n) is 13.2. The van der Waals surface area contributed by atoms with Gasteiger partial charge in [0.15, 0.2) is 0 Å². The third-order valence-corrected chi connectivity index (χ3v) is 5.11. The summed E-state index contributed by atoms with van der Waals surface area (Å²) >= 11 is 0. The Bertz CT molecular complexity index is 294. The lowest BCUT2D eigenvalue weighted by Crippen LogP contribution is -2.48. The molecule has 0 aromatic carbocycles. The topological polar surface area (TPSA) is 35.6 Å². The van der Waals surface area contributed by atoms with Gasteiger partial charge in [-0.25, -0.2) is 4.79 Å². The maximum Gasteiger partial charge on any atom is 0.317 e. The van der Waals surface area contributed by atoms with E-state index in [1.807, 2.05) is 11.9 Å². The summed E-state index contributed by atoms with van der Waals surface area (Å²) < 4.78 is 0.